The lowest BCUT2D eigenvalue weighted by Crippen LogP contribution is -2.54. The number of methoxy groups -OCH3 is 1. The minimum Gasteiger partial charge on any atom is -0.494 e. The Bertz CT molecular complexity index is 2510. The van der Waals surface area contributed by atoms with Crippen LogP contribution in [0.5, 0.6) is 5.75 Å². The SMILES string of the molecule is COc1cc(N2CCN(CC3CCN(Cc4ccc5c(c4)C(=O)N(C4CCC(=O)NC4=O)C5=O)CC3)CC2)ccc1Nc1ncc(Cl)c(Nc2ccccc2N(C)S(C)(=O)=O)n1. The number of carbonyl (C=O) groups is 4. The highest BCUT2D eigenvalue weighted by Gasteiger charge is 2.44. The molecule has 1 atom stereocenters. The van der Waals surface area contributed by atoms with Crippen LogP contribution in [0.3, 0.4) is 0 Å². The smallest absolute Gasteiger partial charge is 0.262 e. The van der Waals surface area contributed by atoms with Gasteiger partial charge < -0.3 is 20.3 Å². The summed E-state index contributed by atoms with van der Waals surface area (Å²) in [6.45, 7) is 7.22. The van der Waals surface area contributed by atoms with Crippen molar-refractivity contribution in [3.63, 3.8) is 0 Å². The molecule has 4 aromatic rings. The zero-order valence-corrected chi connectivity index (χ0v) is 36.3. The van der Waals surface area contributed by atoms with E-state index in [1.54, 1.807) is 43.5 Å². The number of aromatic nitrogens is 2. The normalized spacial score (nSPS) is 19.1. The standard InChI is InChI=1S/C43H49ClN10O7S/c1-50(62(3,59)60)35-7-5-4-6-33(35)46-39-32(44)24-45-43(49-39)47-34-11-9-29(23-37(34)61-2)53-20-18-52(19-21-53)25-27-14-16-51(17-15-27)26-28-8-10-30-31(22-28)42(58)54(41(30)57)36-12-13-38(55)48-40(36)56/h4-11,22-24,27,36H,12-21,25-26H2,1-3H3,(H,48,55,56)(H2,45,46,47,49). The minimum absolute atomic E-state index is 0.0891. The van der Waals surface area contributed by atoms with Crippen molar-refractivity contribution in [2.75, 3.05) is 86.1 Å². The van der Waals surface area contributed by atoms with Gasteiger partial charge in [0, 0.05) is 64.5 Å². The molecule has 4 amide bonds. The number of sulfonamides is 1. The van der Waals surface area contributed by atoms with Crippen LogP contribution < -0.4 is 29.9 Å². The van der Waals surface area contributed by atoms with Crippen LogP contribution in [0.25, 0.3) is 0 Å². The molecule has 8 rings (SSSR count). The number of likely N-dealkylation sites (tertiary alicyclic amines) is 1. The molecule has 3 fully saturated rings. The molecule has 62 heavy (non-hydrogen) atoms. The van der Waals surface area contributed by atoms with Crippen molar-refractivity contribution in [1.82, 2.24) is 30.0 Å². The van der Waals surface area contributed by atoms with Crippen LogP contribution in [0.2, 0.25) is 5.02 Å². The van der Waals surface area contributed by atoms with Gasteiger partial charge in [0.25, 0.3) is 11.8 Å². The van der Waals surface area contributed by atoms with E-state index in [1.807, 2.05) is 24.3 Å². The molecule has 4 aliphatic heterocycles. The maximum absolute atomic E-state index is 13.3. The van der Waals surface area contributed by atoms with Crippen LogP contribution in [0.1, 0.15) is 52.0 Å². The first kappa shape index (κ1) is 42.9. The second kappa shape index (κ2) is 17.9. The van der Waals surface area contributed by atoms with E-state index in [2.05, 4.69) is 40.6 Å². The second-order valence-corrected chi connectivity index (χ2v) is 18.5. The lowest BCUT2D eigenvalue weighted by Gasteiger charge is -2.39. The number of ether oxygens (including phenoxy) is 1. The first-order valence-electron chi connectivity index (χ1n) is 20.6. The molecule has 3 saturated heterocycles. The van der Waals surface area contributed by atoms with Gasteiger partial charge in [-0.3, -0.25) is 43.5 Å². The number of piperazine rings is 1. The average molecular weight is 885 g/mol. The molecule has 19 heteroatoms. The number of hydrogen-bond donors (Lipinski definition) is 3. The Morgan fingerprint density at radius 3 is 2.34 bits per heavy atom. The largest absolute Gasteiger partial charge is 0.494 e. The number of anilines is 6. The van der Waals surface area contributed by atoms with Gasteiger partial charge in [0.1, 0.15) is 16.8 Å². The van der Waals surface area contributed by atoms with Crippen LogP contribution in [-0.2, 0) is 26.2 Å². The van der Waals surface area contributed by atoms with Crippen LogP contribution in [-0.4, -0.2) is 129 Å². The number of amides is 4. The molecular weight excluding hydrogens is 836 g/mol. The minimum atomic E-state index is -3.51. The third kappa shape index (κ3) is 9.18. The number of para-hydroxylation sites is 2. The summed E-state index contributed by atoms with van der Waals surface area (Å²) in [5.74, 6) is -0.197. The van der Waals surface area contributed by atoms with Crippen molar-refractivity contribution in [3.8, 4) is 5.75 Å². The lowest BCUT2D eigenvalue weighted by molar-refractivity contribution is -0.136. The number of nitrogens with one attached hydrogen (secondary N) is 3. The highest BCUT2D eigenvalue weighted by molar-refractivity contribution is 7.92. The lowest BCUT2D eigenvalue weighted by atomic mass is 9.95. The highest BCUT2D eigenvalue weighted by Crippen LogP contribution is 2.35. The Hall–Kier alpha value is -5.82. The Balaban J connectivity index is 0.813. The zero-order valence-electron chi connectivity index (χ0n) is 34.8. The fourth-order valence-corrected chi connectivity index (χ4v) is 9.19. The van der Waals surface area contributed by atoms with Gasteiger partial charge in [-0.2, -0.15) is 4.98 Å². The average Bonchev–Trinajstić information content (AvgIpc) is 3.50. The van der Waals surface area contributed by atoms with Gasteiger partial charge in [0.15, 0.2) is 5.82 Å². The molecule has 3 aromatic carbocycles. The third-order valence-corrected chi connectivity index (χ3v) is 13.5. The quantitative estimate of drug-likeness (QED) is 0.160. The number of carbonyl (C=O) groups excluding carboxylic acids is 4. The number of rotatable bonds is 13. The molecule has 1 unspecified atom stereocenters. The van der Waals surface area contributed by atoms with Crippen molar-refractivity contribution in [1.29, 1.82) is 0 Å². The Morgan fingerprint density at radius 1 is 0.871 bits per heavy atom. The Kier molecular flexibility index (Phi) is 12.4. The first-order valence-corrected chi connectivity index (χ1v) is 22.8. The van der Waals surface area contributed by atoms with Gasteiger partial charge in [0.2, 0.25) is 27.8 Å². The fraction of sp³-hybridized carbons (Fsp3) is 0.395. The van der Waals surface area contributed by atoms with Crippen molar-refractivity contribution in [2.24, 2.45) is 5.92 Å². The summed E-state index contributed by atoms with van der Waals surface area (Å²) in [7, 11) is -0.411. The van der Waals surface area contributed by atoms with E-state index in [1.165, 1.54) is 17.5 Å². The van der Waals surface area contributed by atoms with Gasteiger partial charge in [-0.1, -0.05) is 29.8 Å². The van der Waals surface area contributed by atoms with Crippen LogP contribution in [0, 0.1) is 5.92 Å². The van der Waals surface area contributed by atoms with Gasteiger partial charge >= 0.3 is 0 Å². The number of nitrogens with zero attached hydrogens (tertiary/aromatic N) is 7. The number of imide groups is 2. The summed E-state index contributed by atoms with van der Waals surface area (Å²) in [6.07, 6.45) is 4.97. The number of hydrogen-bond acceptors (Lipinski definition) is 14. The van der Waals surface area contributed by atoms with Gasteiger partial charge in [-0.25, -0.2) is 13.4 Å². The van der Waals surface area contributed by atoms with Gasteiger partial charge in [0.05, 0.1) is 47.8 Å². The summed E-state index contributed by atoms with van der Waals surface area (Å²) >= 11 is 6.47. The van der Waals surface area contributed by atoms with Gasteiger partial charge in [-0.15, -0.1) is 0 Å². The Labute approximate surface area is 365 Å². The predicted octanol–water partition coefficient (Wildman–Crippen LogP) is 4.46. The van der Waals surface area contributed by atoms with Gasteiger partial charge in [-0.05, 0) is 80.2 Å². The molecule has 0 bridgehead atoms. The first-order chi connectivity index (χ1) is 29.7. The molecule has 4 aliphatic rings. The maximum atomic E-state index is 13.3. The van der Waals surface area contributed by atoms with Crippen LogP contribution in [0.4, 0.5) is 34.5 Å². The number of benzene rings is 3. The summed E-state index contributed by atoms with van der Waals surface area (Å²) in [5.41, 5.74) is 4.23. The summed E-state index contributed by atoms with van der Waals surface area (Å²) < 4.78 is 31.5. The molecule has 3 N–H and O–H groups in total. The number of halogens is 1. The Morgan fingerprint density at radius 2 is 1.61 bits per heavy atom. The molecule has 5 heterocycles. The fourth-order valence-electron chi connectivity index (χ4n) is 8.53. The molecule has 0 spiro atoms. The zero-order chi connectivity index (χ0) is 43.7. The van der Waals surface area contributed by atoms with Crippen molar-refractivity contribution < 1.29 is 32.3 Å². The second-order valence-electron chi connectivity index (χ2n) is 16.1. The molecule has 17 nitrogen and oxygen atoms in total. The molecule has 1 aromatic heterocycles. The molecule has 0 saturated carbocycles. The van der Waals surface area contributed by atoms with E-state index in [0.717, 1.165) is 81.1 Å². The monoisotopic (exact) mass is 884 g/mol. The van der Waals surface area contributed by atoms with Crippen molar-refractivity contribution >= 4 is 79.8 Å². The predicted molar refractivity (Wildman–Crippen MR) is 236 cm³/mol. The van der Waals surface area contributed by atoms with E-state index in [-0.39, 0.29) is 23.8 Å². The topological polar surface area (TPSA) is 190 Å². The maximum Gasteiger partial charge on any atom is 0.262 e. The molecule has 326 valence electrons. The van der Waals surface area contributed by atoms with Crippen LogP contribution >= 0.6 is 11.6 Å². The summed E-state index contributed by atoms with van der Waals surface area (Å²) in [6, 6.07) is 17.3. The third-order valence-electron chi connectivity index (χ3n) is 12.0. The van der Waals surface area contributed by atoms with Crippen molar-refractivity contribution in [3.05, 3.63) is 88.6 Å². The number of piperidine rings is 2. The molecule has 0 aliphatic carbocycles. The molecular formula is C43H49ClN10O7S. The molecule has 0 radical (unpaired) electrons. The van der Waals surface area contributed by atoms with E-state index in [4.69, 9.17) is 16.3 Å². The van der Waals surface area contributed by atoms with Crippen molar-refractivity contribution in [2.45, 2.75) is 38.3 Å². The van der Waals surface area contributed by atoms with E-state index in [9.17, 15) is 27.6 Å². The van der Waals surface area contributed by atoms with E-state index in [0.29, 0.717) is 52.2 Å². The summed E-state index contributed by atoms with van der Waals surface area (Å²) in [5, 5.41) is 8.89. The summed E-state index contributed by atoms with van der Waals surface area (Å²) in [4.78, 5) is 67.7. The number of fused-ring (bicyclic) bond motifs is 1. The van der Waals surface area contributed by atoms with Crippen LogP contribution in [0.15, 0.2) is 66.9 Å². The highest BCUT2D eigenvalue weighted by atomic mass is 35.5. The van der Waals surface area contributed by atoms with E-state index < -0.39 is 39.7 Å². The van der Waals surface area contributed by atoms with E-state index >= 15 is 0 Å².